The van der Waals surface area contributed by atoms with Crippen LogP contribution in [-0.2, 0) is 15.6 Å². The summed E-state index contributed by atoms with van der Waals surface area (Å²) in [7, 11) is 1.66. The first-order chi connectivity index (χ1) is 11.0. The van der Waals surface area contributed by atoms with Gasteiger partial charge in [-0.3, -0.25) is 4.79 Å². The first kappa shape index (κ1) is 15.8. The Balaban J connectivity index is 1.86. The summed E-state index contributed by atoms with van der Waals surface area (Å²) in [6.07, 6.45) is 2.49. The van der Waals surface area contributed by atoms with Crippen LogP contribution < -0.4 is 4.74 Å². The average Bonchev–Trinajstić information content (AvgIpc) is 2.59. The van der Waals surface area contributed by atoms with Crippen LogP contribution in [0.4, 0.5) is 0 Å². The maximum absolute atomic E-state index is 13.0. The lowest BCUT2D eigenvalue weighted by atomic mass is 9.60. The molecule has 0 amide bonds. The third kappa shape index (κ3) is 2.78. The van der Waals surface area contributed by atoms with Gasteiger partial charge in [0, 0.05) is 6.42 Å². The molecule has 2 nitrogen and oxygen atoms in total. The molecule has 1 saturated carbocycles. The van der Waals surface area contributed by atoms with Crippen LogP contribution in [0.1, 0.15) is 44.2 Å². The molecule has 1 fully saturated rings. The van der Waals surface area contributed by atoms with Crippen LogP contribution in [0.15, 0.2) is 54.6 Å². The first-order valence-corrected chi connectivity index (χ1v) is 8.21. The molecular weight excluding hydrogens is 284 g/mol. The van der Waals surface area contributed by atoms with E-state index in [9.17, 15) is 4.79 Å². The molecule has 0 spiro atoms. The number of ether oxygens (including phenoxy) is 1. The van der Waals surface area contributed by atoms with Crippen molar-refractivity contribution in [1.82, 2.24) is 0 Å². The van der Waals surface area contributed by atoms with Gasteiger partial charge >= 0.3 is 0 Å². The second kappa shape index (κ2) is 5.84. The fourth-order valence-electron chi connectivity index (χ4n) is 3.65. The number of carbonyl (C=O) groups excluding carboxylic acids is 1. The normalized spacial score (nSPS) is 27.7. The Morgan fingerprint density at radius 1 is 0.870 bits per heavy atom. The molecule has 0 radical (unpaired) electrons. The Morgan fingerprint density at radius 3 is 2.09 bits per heavy atom. The summed E-state index contributed by atoms with van der Waals surface area (Å²) < 4.78 is 5.22. The van der Waals surface area contributed by atoms with E-state index in [2.05, 4.69) is 38.1 Å². The molecule has 2 heteroatoms. The highest BCUT2D eigenvalue weighted by molar-refractivity contribution is 5.91. The molecule has 2 aromatic rings. The predicted molar refractivity (Wildman–Crippen MR) is 93.0 cm³/mol. The summed E-state index contributed by atoms with van der Waals surface area (Å²) >= 11 is 0. The zero-order chi connectivity index (χ0) is 16.5. The smallest absolute Gasteiger partial charge is 0.143 e. The van der Waals surface area contributed by atoms with E-state index in [1.807, 2.05) is 30.3 Å². The molecule has 120 valence electrons. The van der Waals surface area contributed by atoms with Crippen molar-refractivity contribution < 1.29 is 9.53 Å². The van der Waals surface area contributed by atoms with Gasteiger partial charge in [-0.1, -0.05) is 49.4 Å². The Labute approximate surface area is 138 Å². The third-order valence-electron chi connectivity index (χ3n) is 5.54. The molecule has 0 aliphatic heterocycles. The third-order valence-corrected chi connectivity index (χ3v) is 5.54. The van der Waals surface area contributed by atoms with Gasteiger partial charge in [-0.25, -0.2) is 0 Å². The molecule has 23 heavy (non-hydrogen) atoms. The van der Waals surface area contributed by atoms with E-state index in [0.29, 0.717) is 12.2 Å². The average molecular weight is 308 g/mol. The van der Waals surface area contributed by atoms with E-state index in [-0.39, 0.29) is 10.8 Å². The van der Waals surface area contributed by atoms with Gasteiger partial charge in [0.15, 0.2) is 0 Å². The van der Waals surface area contributed by atoms with Crippen LogP contribution in [0.3, 0.4) is 0 Å². The Hall–Kier alpha value is -2.09. The monoisotopic (exact) mass is 308 g/mol. The molecule has 0 unspecified atom stereocenters. The maximum Gasteiger partial charge on any atom is 0.143 e. The molecule has 1 aliphatic carbocycles. The van der Waals surface area contributed by atoms with Crippen molar-refractivity contribution in [2.24, 2.45) is 0 Å². The van der Waals surface area contributed by atoms with Crippen LogP contribution in [0.2, 0.25) is 0 Å². The molecule has 2 atom stereocenters. The highest BCUT2D eigenvalue weighted by atomic mass is 16.5. The van der Waals surface area contributed by atoms with E-state index in [4.69, 9.17) is 4.74 Å². The predicted octanol–water partition coefficient (Wildman–Crippen LogP) is 4.66. The fourth-order valence-corrected chi connectivity index (χ4v) is 3.65. The second-order valence-electron chi connectivity index (χ2n) is 7.09. The number of hydrogen-bond donors (Lipinski definition) is 0. The summed E-state index contributed by atoms with van der Waals surface area (Å²) in [5.41, 5.74) is 1.92. The first-order valence-electron chi connectivity index (χ1n) is 8.21. The molecule has 3 rings (SSSR count). The highest BCUT2D eigenvalue weighted by Gasteiger charge is 2.45. The van der Waals surface area contributed by atoms with Gasteiger partial charge in [-0.2, -0.15) is 0 Å². The van der Waals surface area contributed by atoms with Crippen LogP contribution >= 0.6 is 0 Å². The molecule has 0 heterocycles. The van der Waals surface area contributed by atoms with Crippen LogP contribution in [0.5, 0.6) is 5.75 Å². The Kier molecular flexibility index (Phi) is 4.01. The number of Topliss-reactive ketones (excluding diaryl/α,β-unsaturated/α-hetero) is 1. The SMILES string of the molecule is COc1ccc([C@]2(C)CC[C@](C)(c3ccccc3)CC2=O)cc1. The number of benzene rings is 2. The standard InChI is InChI=1S/C21H24O2/c1-20(16-7-5-4-6-8-16)13-14-21(2,19(22)15-20)17-9-11-18(23-3)12-10-17/h4-12H,13-15H2,1-3H3/t20-,21-/m0/s1. The summed E-state index contributed by atoms with van der Waals surface area (Å²) in [6.45, 7) is 4.30. The van der Waals surface area contributed by atoms with Crippen molar-refractivity contribution in [2.75, 3.05) is 7.11 Å². The number of hydrogen-bond acceptors (Lipinski definition) is 2. The van der Waals surface area contributed by atoms with Gasteiger partial charge in [0.25, 0.3) is 0 Å². The minimum Gasteiger partial charge on any atom is -0.497 e. The van der Waals surface area contributed by atoms with Gasteiger partial charge in [0.05, 0.1) is 12.5 Å². The summed E-state index contributed by atoms with van der Waals surface area (Å²) in [5, 5.41) is 0. The van der Waals surface area contributed by atoms with Crippen LogP contribution in [0, 0.1) is 0 Å². The fraction of sp³-hybridized carbons (Fsp3) is 0.381. The van der Waals surface area contributed by atoms with E-state index < -0.39 is 0 Å². The maximum atomic E-state index is 13.0. The van der Waals surface area contributed by atoms with Crippen LogP contribution in [-0.4, -0.2) is 12.9 Å². The molecule has 0 bridgehead atoms. The van der Waals surface area contributed by atoms with E-state index in [0.717, 1.165) is 24.2 Å². The summed E-state index contributed by atoms with van der Waals surface area (Å²) in [5.74, 6) is 1.16. The summed E-state index contributed by atoms with van der Waals surface area (Å²) in [4.78, 5) is 13.0. The van der Waals surface area contributed by atoms with E-state index >= 15 is 0 Å². The van der Waals surface area contributed by atoms with Gasteiger partial charge in [-0.05, 0) is 48.4 Å². The van der Waals surface area contributed by atoms with E-state index in [1.165, 1.54) is 5.56 Å². The second-order valence-corrected chi connectivity index (χ2v) is 7.09. The number of ketones is 1. The minimum atomic E-state index is -0.388. The van der Waals surface area contributed by atoms with Crippen molar-refractivity contribution in [3.05, 3.63) is 65.7 Å². The zero-order valence-corrected chi connectivity index (χ0v) is 14.1. The number of methoxy groups -OCH3 is 1. The molecule has 0 N–H and O–H groups in total. The van der Waals surface area contributed by atoms with Gasteiger partial charge in [0.2, 0.25) is 0 Å². The van der Waals surface area contributed by atoms with Crippen molar-refractivity contribution in [2.45, 2.75) is 43.9 Å². The van der Waals surface area contributed by atoms with Gasteiger partial charge < -0.3 is 4.74 Å². The molecule has 1 aliphatic rings. The lowest BCUT2D eigenvalue weighted by Gasteiger charge is -2.42. The van der Waals surface area contributed by atoms with Crippen molar-refractivity contribution in [3.63, 3.8) is 0 Å². The molecule has 0 aromatic heterocycles. The Morgan fingerprint density at radius 2 is 1.52 bits per heavy atom. The Bertz CT molecular complexity index is 690. The highest BCUT2D eigenvalue weighted by Crippen LogP contribution is 2.46. The van der Waals surface area contributed by atoms with Crippen LogP contribution in [0.25, 0.3) is 0 Å². The van der Waals surface area contributed by atoms with E-state index in [1.54, 1.807) is 7.11 Å². The van der Waals surface area contributed by atoms with Crippen molar-refractivity contribution >= 4 is 5.78 Å². The molecule has 2 aromatic carbocycles. The quantitative estimate of drug-likeness (QED) is 0.824. The molecule has 0 saturated heterocycles. The summed E-state index contributed by atoms with van der Waals surface area (Å²) in [6, 6.07) is 18.4. The van der Waals surface area contributed by atoms with Gasteiger partial charge in [-0.15, -0.1) is 0 Å². The van der Waals surface area contributed by atoms with Gasteiger partial charge in [0.1, 0.15) is 11.5 Å². The number of carbonyl (C=O) groups is 1. The lowest BCUT2D eigenvalue weighted by molar-refractivity contribution is -0.127. The zero-order valence-electron chi connectivity index (χ0n) is 14.1. The number of rotatable bonds is 3. The largest absolute Gasteiger partial charge is 0.497 e. The minimum absolute atomic E-state index is 0.0513. The van der Waals surface area contributed by atoms with Crippen molar-refractivity contribution in [3.8, 4) is 5.75 Å². The lowest BCUT2D eigenvalue weighted by Crippen LogP contribution is -2.44. The van der Waals surface area contributed by atoms with Crippen molar-refractivity contribution in [1.29, 1.82) is 0 Å². The molecular formula is C21H24O2. The topological polar surface area (TPSA) is 26.3 Å².